The molecule has 122 valence electrons. The maximum Gasteiger partial charge on any atom is 0.165 e. The molecule has 0 saturated carbocycles. The van der Waals surface area contributed by atoms with E-state index in [-0.39, 0.29) is 5.78 Å². The normalized spacial score (nSPS) is 15.0. The van der Waals surface area contributed by atoms with E-state index in [1.165, 1.54) is 0 Å². The highest BCUT2D eigenvalue weighted by Gasteiger charge is 2.17. The molecule has 0 atom stereocenters. The fourth-order valence-corrected chi connectivity index (χ4v) is 3.02. The Morgan fingerprint density at radius 3 is 2.83 bits per heavy atom. The molecule has 6 nitrogen and oxygen atoms in total. The first kappa shape index (κ1) is 14.8. The van der Waals surface area contributed by atoms with E-state index in [1.807, 2.05) is 41.0 Å². The van der Waals surface area contributed by atoms with Crippen molar-refractivity contribution in [3.63, 3.8) is 0 Å². The minimum Gasteiger partial charge on any atom is -0.378 e. The van der Waals surface area contributed by atoms with Crippen LogP contribution in [-0.4, -0.2) is 46.7 Å². The fraction of sp³-hybridized carbons (Fsp3) is 0.278. The zero-order valence-corrected chi connectivity index (χ0v) is 13.5. The number of rotatable bonds is 3. The number of ketones is 1. The van der Waals surface area contributed by atoms with Gasteiger partial charge in [-0.15, -0.1) is 0 Å². The molecule has 0 amide bonds. The van der Waals surface area contributed by atoms with E-state index in [1.54, 1.807) is 13.1 Å². The molecule has 1 aromatic carbocycles. The van der Waals surface area contributed by atoms with Gasteiger partial charge in [0.2, 0.25) is 0 Å². The summed E-state index contributed by atoms with van der Waals surface area (Å²) in [5.41, 5.74) is 3.36. The molecule has 0 N–H and O–H groups in total. The summed E-state index contributed by atoms with van der Waals surface area (Å²) in [5, 5.41) is 4.53. The number of nitrogens with zero attached hydrogens (tertiary/aromatic N) is 4. The average molecular weight is 322 g/mol. The van der Waals surface area contributed by atoms with Crippen molar-refractivity contribution in [3.05, 3.63) is 48.3 Å². The highest BCUT2D eigenvalue weighted by atomic mass is 16.5. The Kier molecular flexibility index (Phi) is 3.74. The van der Waals surface area contributed by atoms with Crippen LogP contribution in [0, 0.1) is 0 Å². The van der Waals surface area contributed by atoms with Gasteiger partial charge in [0.05, 0.1) is 19.4 Å². The Balaban J connectivity index is 1.81. The van der Waals surface area contributed by atoms with E-state index in [4.69, 9.17) is 4.74 Å². The van der Waals surface area contributed by atoms with E-state index in [2.05, 4.69) is 15.0 Å². The van der Waals surface area contributed by atoms with Crippen LogP contribution in [0.15, 0.2) is 42.7 Å². The molecule has 1 fully saturated rings. The molecular formula is C18H18N4O2. The molecule has 3 heterocycles. The van der Waals surface area contributed by atoms with E-state index in [0.717, 1.165) is 48.9 Å². The van der Waals surface area contributed by atoms with Crippen molar-refractivity contribution < 1.29 is 9.53 Å². The van der Waals surface area contributed by atoms with E-state index < -0.39 is 0 Å². The number of Topliss-reactive ketones (excluding diaryl/α,β-unsaturated/α-hetero) is 1. The molecule has 0 spiro atoms. The van der Waals surface area contributed by atoms with Gasteiger partial charge in [0.1, 0.15) is 5.82 Å². The Bertz CT molecular complexity index is 897. The van der Waals surface area contributed by atoms with Crippen LogP contribution in [0.25, 0.3) is 16.8 Å². The summed E-state index contributed by atoms with van der Waals surface area (Å²) < 4.78 is 7.29. The number of ether oxygens (including phenoxy) is 1. The molecule has 0 aliphatic carbocycles. The maximum absolute atomic E-state index is 11.6. The predicted molar refractivity (Wildman–Crippen MR) is 91.5 cm³/mol. The number of carbonyl (C=O) groups excluding carboxylic acids is 1. The van der Waals surface area contributed by atoms with Gasteiger partial charge in [-0.25, -0.2) is 4.98 Å². The largest absolute Gasteiger partial charge is 0.378 e. The van der Waals surface area contributed by atoms with Crippen LogP contribution in [0.3, 0.4) is 0 Å². The van der Waals surface area contributed by atoms with Gasteiger partial charge in [-0.2, -0.15) is 9.61 Å². The van der Waals surface area contributed by atoms with Crippen LogP contribution < -0.4 is 4.90 Å². The predicted octanol–water partition coefficient (Wildman–Crippen LogP) is 2.44. The minimum absolute atomic E-state index is 0.0512. The van der Waals surface area contributed by atoms with Crippen LogP contribution in [0.4, 0.5) is 5.82 Å². The third-order valence-corrected chi connectivity index (χ3v) is 4.30. The first-order valence-corrected chi connectivity index (χ1v) is 8.01. The second-order valence-electron chi connectivity index (χ2n) is 5.83. The number of fused-ring (bicyclic) bond motifs is 1. The van der Waals surface area contributed by atoms with Gasteiger partial charge in [0, 0.05) is 30.4 Å². The van der Waals surface area contributed by atoms with Gasteiger partial charge in [-0.1, -0.05) is 18.2 Å². The topological polar surface area (TPSA) is 59.7 Å². The molecule has 0 radical (unpaired) electrons. The Hall–Kier alpha value is -2.73. The van der Waals surface area contributed by atoms with Gasteiger partial charge in [0.15, 0.2) is 11.4 Å². The van der Waals surface area contributed by atoms with Gasteiger partial charge >= 0.3 is 0 Å². The summed E-state index contributed by atoms with van der Waals surface area (Å²) in [5.74, 6) is 1.06. The molecule has 6 heteroatoms. The molecule has 1 aliphatic rings. The van der Waals surface area contributed by atoms with Gasteiger partial charge < -0.3 is 9.64 Å². The summed E-state index contributed by atoms with van der Waals surface area (Å²) >= 11 is 0. The van der Waals surface area contributed by atoms with Crippen molar-refractivity contribution in [2.45, 2.75) is 6.92 Å². The zero-order valence-electron chi connectivity index (χ0n) is 13.5. The Labute approximate surface area is 139 Å². The SMILES string of the molecule is CC(=O)c1cccc(-c2cnn3c(N4CCOCC4)ccnc23)c1. The van der Waals surface area contributed by atoms with E-state index in [9.17, 15) is 4.79 Å². The number of hydrogen-bond donors (Lipinski definition) is 0. The number of aromatic nitrogens is 3. The summed E-state index contributed by atoms with van der Waals surface area (Å²) in [4.78, 5) is 18.4. The molecule has 0 unspecified atom stereocenters. The zero-order chi connectivity index (χ0) is 16.5. The molecule has 0 bridgehead atoms. The lowest BCUT2D eigenvalue weighted by Gasteiger charge is -2.28. The summed E-state index contributed by atoms with van der Waals surface area (Å²) in [6.45, 7) is 4.70. The van der Waals surface area contributed by atoms with E-state index in [0.29, 0.717) is 5.56 Å². The smallest absolute Gasteiger partial charge is 0.165 e. The molecule has 3 aromatic rings. The Morgan fingerprint density at radius 1 is 1.21 bits per heavy atom. The third kappa shape index (κ3) is 2.55. The second-order valence-corrected chi connectivity index (χ2v) is 5.83. The number of morpholine rings is 1. The molecule has 4 rings (SSSR count). The number of benzene rings is 1. The molecule has 1 saturated heterocycles. The third-order valence-electron chi connectivity index (χ3n) is 4.30. The standard InChI is InChI=1S/C18H18N4O2/c1-13(23)14-3-2-4-15(11-14)16-12-20-22-17(5-6-19-18(16)22)21-7-9-24-10-8-21/h2-6,11-12H,7-10H2,1H3. The average Bonchev–Trinajstić information content (AvgIpc) is 3.06. The minimum atomic E-state index is 0.0512. The van der Waals surface area contributed by atoms with Crippen LogP contribution in [-0.2, 0) is 4.74 Å². The van der Waals surface area contributed by atoms with Crippen molar-refractivity contribution in [2.24, 2.45) is 0 Å². The molecule has 2 aromatic heterocycles. The maximum atomic E-state index is 11.6. The number of hydrogen-bond acceptors (Lipinski definition) is 5. The first-order valence-electron chi connectivity index (χ1n) is 8.01. The summed E-state index contributed by atoms with van der Waals surface area (Å²) in [7, 11) is 0. The van der Waals surface area contributed by atoms with Crippen molar-refractivity contribution in [1.29, 1.82) is 0 Å². The van der Waals surface area contributed by atoms with Crippen LogP contribution in [0.5, 0.6) is 0 Å². The van der Waals surface area contributed by atoms with Gasteiger partial charge in [-0.05, 0) is 24.6 Å². The quantitative estimate of drug-likeness (QED) is 0.693. The lowest BCUT2D eigenvalue weighted by molar-refractivity contribution is 0.101. The van der Waals surface area contributed by atoms with Crippen molar-refractivity contribution >= 4 is 17.2 Å². The molecule has 1 aliphatic heterocycles. The van der Waals surface area contributed by atoms with Crippen molar-refractivity contribution in [2.75, 3.05) is 31.2 Å². The van der Waals surface area contributed by atoms with Crippen molar-refractivity contribution in [3.8, 4) is 11.1 Å². The van der Waals surface area contributed by atoms with Crippen LogP contribution in [0.1, 0.15) is 17.3 Å². The second kappa shape index (κ2) is 6.05. The van der Waals surface area contributed by atoms with Crippen LogP contribution >= 0.6 is 0 Å². The van der Waals surface area contributed by atoms with Gasteiger partial charge in [-0.3, -0.25) is 4.79 Å². The first-order chi connectivity index (χ1) is 11.7. The Morgan fingerprint density at radius 2 is 2.04 bits per heavy atom. The summed E-state index contributed by atoms with van der Waals surface area (Å²) in [6, 6.07) is 9.56. The highest BCUT2D eigenvalue weighted by Crippen LogP contribution is 2.27. The summed E-state index contributed by atoms with van der Waals surface area (Å²) in [6.07, 6.45) is 3.62. The number of carbonyl (C=O) groups is 1. The fourth-order valence-electron chi connectivity index (χ4n) is 3.02. The van der Waals surface area contributed by atoms with Crippen LogP contribution in [0.2, 0.25) is 0 Å². The molecular weight excluding hydrogens is 304 g/mol. The van der Waals surface area contributed by atoms with Gasteiger partial charge in [0.25, 0.3) is 0 Å². The lowest BCUT2D eigenvalue weighted by Crippen LogP contribution is -2.37. The monoisotopic (exact) mass is 322 g/mol. The molecule has 24 heavy (non-hydrogen) atoms. The lowest BCUT2D eigenvalue weighted by atomic mass is 10.0. The van der Waals surface area contributed by atoms with Crippen molar-refractivity contribution in [1.82, 2.24) is 14.6 Å². The van der Waals surface area contributed by atoms with E-state index >= 15 is 0 Å². The number of anilines is 1. The highest BCUT2D eigenvalue weighted by molar-refractivity contribution is 5.95.